The Morgan fingerprint density at radius 1 is 1.26 bits per heavy atom. The monoisotopic (exact) mass is 438 g/mol. The van der Waals surface area contributed by atoms with Crippen molar-refractivity contribution in [2.75, 3.05) is 12.4 Å². The first-order valence-corrected chi connectivity index (χ1v) is 10.9. The van der Waals surface area contributed by atoms with Gasteiger partial charge in [0.05, 0.1) is 28.5 Å². The second kappa shape index (κ2) is 7.57. The van der Waals surface area contributed by atoms with E-state index in [-0.39, 0.29) is 17.7 Å². The van der Waals surface area contributed by atoms with Crippen LogP contribution in [-0.4, -0.2) is 28.9 Å². The van der Waals surface area contributed by atoms with Gasteiger partial charge in [0.25, 0.3) is 5.91 Å². The molecule has 1 saturated carbocycles. The highest BCUT2D eigenvalue weighted by Gasteiger charge is 2.44. The second-order valence-corrected chi connectivity index (χ2v) is 8.75. The van der Waals surface area contributed by atoms with E-state index in [1.165, 1.54) is 0 Å². The largest absolute Gasteiger partial charge is 0.450 e. The van der Waals surface area contributed by atoms with Crippen LogP contribution >= 0.6 is 11.6 Å². The molecule has 0 unspecified atom stereocenters. The fourth-order valence-electron chi connectivity index (χ4n) is 4.78. The number of anilines is 1. The fourth-order valence-corrected chi connectivity index (χ4v) is 5.04. The number of rotatable bonds is 3. The zero-order valence-corrected chi connectivity index (χ0v) is 18.0. The first kappa shape index (κ1) is 19.9. The summed E-state index contributed by atoms with van der Waals surface area (Å²) in [5.74, 6) is -0.00187. The van der Waals surface area contributed by atoms with Crippen LogP contribution in [0.2, 0.25) is 5.02 Å². The van der Waals surface area contributed by atoms with E-state index in [2.05, 4.69) is 15.6 Å². The molecule has 8 heteroatoms. The van der Waals surface area contributed by atoms with Crippen LogP contribution in [0.4, 0.5) is 10.5 Å². The van der Waals surface area contributed by atoms with Gasteiger partial charge >= 0.3 is 6.03 Å². The third-order valence-electron chi connectivity index (χ3n) is 6.22. The van der Waals surface area contributed by atoms with Gasteiger partial charge in [-0.15, -0.1) is 0 Å². The lowest BCUT2D eigenvalue weighted by Gasteiger charge is -2.42. The Labute approximate surface area is 184 Å². The fraction of sp³-hybridized carbons (Fsp3) is 0.348. The molecular weight excluding hydrogens is 416 g/mol. The van der Waals surface area contributed by atoms with Crippen LogP contribution in [0.3, 0.4) is 0 Å². The Morgan fingerprint density at radius 3 is 2.81 bits per heavy atom. The number of nitrogens with zero attached hydrogens (tertiary/aromatic N) is 2. The van der Waals surface area contributed by atoms with Gasteiger partial charge in [-0.2, -0.15) is 0 Å². The summed E-state index contributed by atoms with van der Waals surface area (Å²) in [5.41, 5.74) is 2.29. The SMILES string of the molecule is CN(Cc1ccccn1)C(=O)c1cc2cc(Cl)c3c(c2o1)C1(CCCCC1)NC(=O)N3. The summed E-state index contributed by atoms with van der Waals surface area (Å²) in [4.78, 5) is 31.3. The average molecular weight is 439 g/mol. The molecule has 3 aromatic rings. The van der Waals surface area contributed by atoms with Crippen molar-refractivity contribution in [2.24, 2.45) is 0 Å². The van der Waals surface area contributed by atoms with Gasteiger partial charge < -0.3 is 20.0 Å². The van der Waals surface area contributed by atoms with Crippen LogP contribution in [0, 0.1) is 0 Å². The first-order valence-electron chi connectivity index (χ1n) is 10.5. The highest BCUT2D eigenvalue weighted by molar-refractivity contribution is 6.35. The molecule has 0 atom stereocenters. The molecule has 3 heterocycles. The maximum absolute atomic E-state index is 13.1. The molecule has 0 radical (unpaired) electrons. The molecule has 0 bridgehead atoms. The van der Waals surface area contributed by atoms with E-state index < -0.39 is 5.54 Å². The molecule has 7 nitrogen and oxygen atoms in total. The summed E-state index contributed by atoms with van der Waals surface area (Å²) >= 11 is 6.56. The van der Waals surface area contributed by atoms with Gasteiger partial charge in [-0.25, -0.2) is 4.79 Å². The number of hydrogen-bond donors (Lipinski definition) is 2. The lowest BCUT2D eigenvalue weighted by molar-refractivity contribution is 0.0753. The van der Waals surface area contributed by atoms with Crippen LogP contribution in [-0.2, 0) is 12.1 Å². The number of fused-ring (bicyclic) bond motifs is 4. The van der Waals surface area contributed by atoms with Crippen molar-refractivity contribution in [3.05, 3.63) is 58.6 Å². The minimum atomic E-state index is -0.531. The Balaban J connectivity index is 1.57. The number of carbonyl (C=O) groups excluding carboxylic acids is 2. The first-order chi connectivity index (χ1) is 15.0. The molecule has 1 aliphatic carbocycles. The highest BCUT2D eigenvalue weighted by atomic mass is 35.5. The molecule has 31 heavy (non-hydrogen) atoms. The lowest BCUT2D eigenvalue weighted by Crippen LogP contribution is -2.52. The normalized spacial score (nSPS) is 17.2. The Bertz CT molecular complexity index is 1170. The predicted octanol–water partition coefficient (Wildman–Crippen LogP) is 5.05. The molecule has 1 aliphatic heterocycles. The summed E-state index contributed by atoms with van der Waals surface area (Å²) in [6, 6.07) is 8.82. The van der Waals surface area contributed by atoms with Crippen molar-refractivity contribution in [1.82, 2.24) is 15.2 Å². The third-order valence-corrected chi connectivity index (χ3v) is 6.52. The number of benzene rings is 1. The Morgan fingerprint density at radius 2 is 2.06 bits per heavy atom. The average Bonchev–Trinajstić information content (AvgIpc) is 3.17. The van der Waals surface area contributed by atoms with Crippen LogP contribution < -0.4 is 10.6 Å². The molecule has 1 fully saturated rings. The number of amides is 3. The topological polar surface area (TPSA) is 87.5 Å². The molecule has 3 amide bonds. The minimum absolute atomic E-state index is 0.237. The van der Waals surface area contributed by atoms with E-state index in [1.807, 2.05) is 18.2 Å². The van der Waals surface area contributed by atoms with E-state index in [9.17, 15) is 9.59 Å². The maximum Gasteiger partial charge on any atom is 0.319 e. The van der Waals surface area contributed by atoms with E-state index in [4.69, 9.17) is 16.0 Å². The van der Waals surface area contributed by atoms with Crippen molar-refractivity contribution in [3.8, 4) is 0 Å². The zero-order chi connectivity index (χ0) is 21.6. The quantitative estimate of drug-likeness (QED) is 0.599. The van der Waals surface area contributed by atoms with E-state index in [1.54, 1.807) is 30.3 Å². The molecule has 160 valence electrons. The van der Waals surface area contributed by atoms with Crippen molar-refractivity contribution in [1.29, 1.82) is 0 Å². The number of pyridine rings is 1. The van der Waals surface area contributed by atoms with E-state index in [0.29, 0.717) is 22.8 Å². The molecule has 2 N–H and O–H groups in total. The van der Waals surface area contributed by atoms with Crippen LogP contribution in [0.15, 0.2) is 40.9 Å². The number of furan rings is 1. The van der Waals surface area contributed by atoms with Crippen molar-refractivity contribution < 1.29 is 14.0 Å². The number of halogens is 1. The number of nitrogens with one attached hydrogen (secondary N) is 2. The van der Waals surface area contributed by atoms with Gasteiger partial charge in [-0.3, -0.25) is 9.78 Å². The molecule has 1 aromatic carbocycles. The van der Waals surface area contributed by atoms with Crippen LogP contribution in [0.25, 0.3) is 11.0 Å². The molecule has 2 aliphatic rings. The summed E-state index contributed by atoms with van der Waals surface area (Å²) in [7, 11) is 1.72. The Kier molecular flexibility index (Phi) is 4.85. The van der Waals surface area contributed by atoms with Gasteiger partial charge in [0, 0.05) is 24.2 Å². The van der Waals surface area contributed by atoms with Crippen molar-refractivity contribution >= 4 is 40.2 Å². The lowest BCUT2D eigenvalue weighted by atomic mass is 9.74. The van der Waals surface area contributed by atoms with Crippen LogP contribution in [0.1, 0.15) is 53.9 Å². The van der Waals surface area contributed by atoms with Gasteiger partial charge in [-0.05, 0) is 37.1 Å². The molecular formula is C23H23ClN4O3. The maximum atomic E-state index is 13.1. The zero-order valence-electron chi connectivity index (χ0n) is 17.2. The van der Waals surface area contributed by atoms with Gasteiger partial charge in [0.1, 0.15) is 5.58 Å². The number of hydrogen-bond acceptors (Lipinski definition) is 4. The molecule has 0 saturated heterocycles. The standard InChI is InChI=1S/C23H23ClN4O3/c1-28(13-15-7-3-6-10-25-15)21(29)17-12-14-11-16(24)19-18(20(14)31-17)23(27-22(30)26-19)8-4-2-5-9-23/h3,6-7,10-12H,2,4-5,8-9,13H2,1H3,(H2,26,27,30). The van der Waals surface area contributed by atoms with Gasteiger partial charge in [0.2, 0.25) is 0 Å². The predicted molar refractivity (Wildman–Crippen MR) is 118 cm³/mol. The summed E-state index contributed by atoms with van der Waals surface area (Å²) in [5, 5.41) is 7.17. The number of aromatic nitrogens is 1. The smallest absolute Gasteiger partial charge is 0.319 e. The number of carbonyl (C=O) groups is 2. The third kappa shape index (κ3) is 3.43. The molecule has 2 aromatic heterocycles. The van der Waals surface area contributed by atoms with Crippen molar-refractivity contribution in [2.45, 2.75) is 44.2 Å². The van der Waals surface area contributed by atoms with E-state index >= 15 is 0 Å². The van der Waals surface area contributed by atoms with Crippen molar-refractivity contribution in [3.63, 3.8) is 0 Å². The van der Waals surface area contributed by atoms with Crippen LogP contribution in [0.5, 0.6) is 0 Å². The second-order valence-electron chi connectivity index (χ2n) is 8.34. The molecule has 5 rings (SSSR count). The molecule has 1 spiro atoms. The van der Waals surface area contributed by atoms with Gasteiger partial charge in [0.15, 0.2) is 5.76 Å². The summed E-state index contributed by atoms with van der Waals surface area (Å²) in [6.45, 7) is 0.372. The minimum Gasteiger partial charge on any atom is -0.450 e. The van der Waals surface area contributed by atoms with Gasteiger partial charge in [-0.1, -0.05) is 36.9 Å². The highest BCUT2D eigenvalue weighted by Crippen LogP contribution is 2.49. The number of urea groups is 1. The van der Waals surface area contributed by atoms with E-state index in [0.717, 1.165) is 48.7 Å². The summed E-state index contributed by atoms with van der Waals surface area (Å²) in [6.07, 6.45) is 6.47. The summed E-state index contributed by atoms with van der Waals surface area (Å²) < 4.78 is 6.14. The Hall–Kier alpha value is -3.06.